The molecule has 0 amide bonds. The summed E-state index contributed by atoms with van der Waals surface area (Å²) in [5.41, 5.74) is 1.22. The van der Waals surface area contributed by atoms with E-state index in [4.69, 9.17) is 0 Å². The van der Waals surface area contributed by atoms with Gasteiger partial charge in [0.15, 0.2) is 0 Å². The molecule has 1 aromatic heterocycles. The van der Waals surface area contributed by atoms with E-state index >= 15 is 0 Å². The number of aromatic amines is 1. The first kappa shape index (κ1) is 6.94. The number of aryl methyl sites for hydroxylation is 1. The molecule has 1 rings (SSSR count). The molecule has 0 aliphatic rings. The van der Waals surface area contributed by atoms with Crippen LogP contribution < -0.4 is 0 Å². The molecule has 0 radical (unpaired) electrons. The average molecular weight is 188 g/mol. The van der Waals surface area contributed by atoms with Crippen LogP contribution in [0.4, 0.5) is 0 Å². The van der Waals surface area contributed by atoms with E-state index in [9.17, 15) is 0 Å². The zero-order chi connectivity index (χ0) is 4.41. The van der Waals surface area contributed by atoms with Crippen molar-refractivity contribution < 1.29 is 20.4 Å². The zero-order valence-corrected chi connectivity index (χ0v) is 5.60. The SMILES string of the molecule is Cc1ccc[nH]1.[Pd]. The van der Waals surface area contributed by atoms with E-state index in [2.05, 4.69) is 4.98 Å². The van der Waals surface area contributed by atoms with Crippen LogP contribution in [0.2, 0.25) is 0 Å². The fourth-order valence-electron chi connectivity index (χ4n) is 0.420. The van der Waals surface area contributed by atoms with Gasteiger partial charge in [-0.25, -0.2) is 0 Å². The maximum Gasteiger partial charge on any atom is 0.0115 e. The Labute approximate surface area is 56.8 Å². The Kier molecular flexibility index (Phi) is 2.99. The number of hydrogen-bond donors (Lipinski definition) is 1. The van der Waals surface area contributed by atoms with Crippen LogP contribution in [0.15, 0.2) is 18.3 Å². The number of nitrogens with one attached hydrogen (secondary N) is 1. The molecular formula is C5H7NPd. The number of aromatic nitrogens is 1. The van der Waals surface area contributed by atoms with E-state index in [0.717, 1.165) is 0 Å². The Morgan fingerprint density at radius 3 is 2.43 bits per heavy atom. The summed E-state index contributed by atoms with van der Waals surface area (Å²) in [5.74, 6) is 0. The van der Waals surface area contributed by atoms with Crippen molar-refractivity contribution in [1.82, 2.24) is 4.98 Å². The third kappa shape index (κ3) is 1.92. The van der Waals surface area contributed by atoms with Gasteiger partial charge in [-0.15, -0.1) is 0 Å². The van der Waals surface area contributed by atoms with Crippen molar-refractivity contribution in [3.05, 3.63) is 24.0 Å². The average Bonchev–Trinajstić information content (AvgIpc) is 1.86. The van der Waals surface area contributed by atoms with Gasteiger partial charge < -0.3 is 4.98 Å². The topological polar surface area (TPSA) is 15.8 Å². The minimum atomic E-state index is 0. The van der Waals surface area contributed by atoms with E-state index in [1.54, 1.807) is 0 Å². The molecule has 1 heterocycles. The summed E-state index contributed by atoms with van der Waals surface area (Å²) in [6, 6.07) is 4.01. The summed E-state index contributed by atoms with van der Waals surface area (Å²) in [7, 11) is 0. The molecule has 0 unspecified atom stereocenters. The molecule has 0 aromatic carbocycles. The number of rotatable bonds is 0. The van der Waals surface area contributed by atoms with Gasteiger partial charge in [0.05, 0.1) is 0 Å². The van der Waals surface area contributed by atoms with E-state index in [0.29, 0.717) is 0 Å². The molecule has 0 saturated heterocycles. The van der Waals surface area contributed by atoms with Crippen molar-refractivity contribution in [2.75, 3.05) is 0 Å². The van der Waals surface area contributed by atoms with Gasteiger partial charge in [0, 0.05) is 32.3 Å². The standard InChI is InChI=1S/C5H7N.Pd/c1-5-3-2-4-6-5;/h2-4,6H,1H3;. The Bertz CT molecular complexity index is 112. The number of H-pyrrole nitrogens is 1. The van der Waals surface area contributed by atoms with Gasteiger partial charge in [0.1, 0.15) is 0 Å². The van der Waals surface area contributed by atoms with Gasteiger partial charge in [-0.2, -0.15) is 0 Å². The third-order valence-electron chi connectivity index (χ3n) is 0.753. The van der Waals surface area contributed by atoms with Crippen molar-refractivity contribution in [1.29, 1.82) is 0 Å². The van der Waals surface area contributed by atoms with Gasteiger partial charge in [-0.05, 0) is 19.1 Å². The molecule has 7 heavy (non-hydrogen) atoms. The van der Waals surface area contributed by atoms with Gasteiger partial charge in [-0.1, -0.05) is 0 Å². The van der Waals surface area contributed by atoms with Crippen LogP contribution in [0, 0.1) is 6.92 Å². The minimum Gasteiger partial charge on any atom is -0.365 e. The Morgan fingerprint density at radius 2 is 2.29 bits per heavy atom. The molecular weight excluding hydrogens is 180 g/mol. The van der Waals surface area contributed by atoms with Gasteiger partial charge >= 0.3 is 0 Å². The van der Waals surface area contributed by atoms with Gasteiger partial charge in [0.2, 0.25) is 0 Å². The summed E-state index contributed by atoms with van der Waals surface area (Å²) in [5, 5.41) is 0. The Balaban J connectivity index is 0.000000360. The molecule has 1 aromatic rings. The first-order chi connectivity index (χ1) is 2.89. The maximum absolute atomic E-state index is 3.00. The number of hydrogen-bond acceptors (Lipinski definition) is 0. The van der Waals surface area contributed by atoms with Crippen LogP contribution in [0.5, 0.6) is 0 Å². The van der Waals surface area contributed by atoms with E-state index in [1.165, 1.54) is 5.69 Å². The first-order valence-electron chi connectivity index (χ1n) is 1.99. The normalized spacial score (nSPS) is 7.57. The van der Waals surface area contributed by atoms with Crippen LogP contribution in [-0.4, -0.2) is 4.98 Å². The zero-order valence-electron chi connectivity index (χ0n) is 4.05. The molecule has 42 valence electrons. The molecule has 2 heteroatoms. The smallest absolute Gasteiger partial charge is 0.0115 e. The Hall–Kier alpha value is -0.0577. The molecule has 0 aliphatic heterocycles. The van der Waals surface area contributed by atoms with Crippen molar-refractivity contribution in [3.8, 4) is 0 Å². The second kappa shape index (κ2) is 3.01. The van der Waals surface area contributed by atoms with E-state index < -0.39 is 0 Å². The Morgan fingerprint density at radius 1 is 1.57 bits per heavy atom. The van der Waals surface area contributed by atoms with Crippen LogP contribution in [0.25, 0.3) is 0 Å². The van der Waals surface area contributed by atoms with Crippen LogP contribution in [0.3, 0.4) is 0 Å². The predicted octanol–water partition coefficient (Wildman–Crippen LogP) is 1.32. The van der Waals surface area contributed by atoms with Crippen molar-refractivity contribution >= 4 is 0 Å². The molecule has 0 aliphatic carbocycles. The van der Waals surface area contributed by atoms with Gasteiger partial charge in [-0.3, -0.25) is 0 Å². The van der Waals surface area contributed by atoms with Crippen molar-refractivity contribution in [2.45, 2.75) is 6.92 Å². The van der Waals surface area contributed by atoms with Crippen LogP contribution >= 0.6 is 0 Å². The second-order valence-electron chi connectivity index (χ2n) is 1.35. The van der Waals surface area contributed by atoms with E-state index in [-0.39, 0.29) is 20.4 Å². The summed E-state index contributed by atoms with van der Waals surface area (Å²) < 4.78 is 0. The third-order valence-corrected chi connectivity index (χ3v) is 0.753. The first-order valence-corrected chi connectivity index (χ1v) is 1.99. The quantitative estimate of drug-likeness (QED) is 0.590. The summed E-state index contributed by atoms with van der Waals surface area (Å²) in [6.45, 7) is 2.03. The minimum absolute atomic E-state index is 0. The molecule has 1 nitrogen and oxygen atoms in total. The van der Waals surface area contributed by atoms with Gasteiger partial charge in [0.25, 0.3) is 0 Å². The summed E-state index contributed by atoms with van der Waals surface area (Å²) in [4.78, 5) is 3.00. The molecule has 0 atom stereocenters. The maximum atomic E-state index is 3.00. The molecule has 0 spiro atoms. The van der Waals surface area contributed by atoms with Crippen LogP contribution in [0.1, 0.15) is 5.69 Å². The molecule has 0 saturated carbocycles. The summed E-state index contributed by atoms with van der Waals surface area (Å²) in [6.07, 6.45) is 1.91. The van der Waals surface area contributed by atoms with E-state index in [1.807, 2.05) is 25.3 Å². The monoisotopic (exact) mass is 187 g/mol. The second-order valence-corrected chi connectivity index (χ2v) is 1.35. The van der Waals surface area contributed by atoms with Crippen molar-refractivity contribution in [3.63, 3.8) is 0 Å². The van der Waals surface area contributed by atoms with Crippen molar-refractivity contribution in [2.24, 2.45) is 0 Å². The molecule has 0 fully saturated rings. The largest absolute Gasteiger partial charge is 0.365 e. The fraction of sp³-hybridized carbons (Fsp3) is 0.200. The predicted molar refractivity (Wildman–Crippen MR) is 25.5 cm³/mol. The fourth-order valence-corrected chi connectivity index (χ4v) is 0.420. The van der Waals surface area contributed by atoms with Crippen LogP contribution in [-0.2, 0) is 20.4 Å². The summed E-state index contributed by atoms with van der Waals surface area (Å²) >= 11 is 0. The molecule has 1 N–H and O–H groups in total. The molecule has 0 bridgehead atoms.